The number of para-hydroxylation sites is 2. The molecule has 5 nitrogen and oxygen atoms in total. The van der Waals surface area contributed by atoms with Crippen LogP contribution >= 0.6 is 11.5 Å². The van der Waals surface area contributed by atoms with Crippen LogP contribution in [-0.2, 0) is 0 Å². The van der Waals surface area contributed by atoms with Crippen molar-refractivity contribution in [2.45, 2.75) is 19.8 Å². The van der Waals surface area contributed by atoms with Crippen LogP contribution in [0.2, 0.25) is 0 Å². The molecule has 0 amide bonds. The molecule has 1 aliphatic heterocycles. The topological polar surface area (TPSA) is 41.5 Å². The van der Waals surface area contributed by atoms with Crippen molar-refractivity contribution in [2.24, 2.45) is 0 Å². The van der Waals surface area contributed by atoms with Crippen molar-refractivity contribution in [1.82, 2.24) is 9.36 Å². The lowest BCUT2D eigenvalue weighted by atomic mass is 10.2. The highest BCUT2D eigenvalue weighted by molar-refractivity contribution is 7.09. The number of methoxy groups -OCH3 is 1. The normalized spacial score (nSPS) is 15.5. The fourth-order valence-electron chi connectivity index (χ4n) is 2.62. The minimum atomic E-state index is 0.389. The summed E-state index contributed by atoms with van der Waals surface area (Å²) in [6.45, 7) is 8.13. The maximum atomic E-state index is 5.46. The van der Waals surface area contributed by atoms with Crippen LogP contribution in [0.1, 0.15) is 25.6 Å². The van der Waals surface area contributed by atoms with Crippen LogP contribution in [0.4, 0.5) is 10.8 Å². The second kappa shape index (κ2) is 6.52. The average molecular weight is 318 g/mol. The summed E-state index contributed by atoms with van der Waals surface area (Å²) in [5, 5.41) is 1.04. The van der Waals surface area contributed by atoms with Crippen LogP contribution in [-0.4, -0.2) is 42.6 Å². The second-order valence-corrected chi connectivity index (χ2v) is 6.47. The first-order chi connectivity index (χ1) is 10.7. The number of piperazine rings is 1. The Balaban J connectivity index is 1.67. The van der Waals surface area contributed by atoms with Gasteiger partial charge in [-0.3, -0.25) is 0 Å². The molecule has 6 heteroatoms. The fourth-order valence-corrected chi connectivity index (χ4v) is 3.48. The summed E-state index contributed by atoms with van der Waals surface area (Å²) in [5.41, 5.74) is 1.17. The van der Waals surface area contributed by atoms with E-state index in [1.165, 1.54) is 17.2 Å². The van der Waals surface area contributed by atoms with E-state index in [2.05, 4.69) is 45.1 Å². The van der Waals surface area contributed by atoms with Gasteiger partial charge in [0.2, 0.25) is 5.13 Å². The van der Waals surface area contributed by atoms with Crippen LogP contribution in [0.3, 0.4) is 0 Å². The molecule has 1 saturated heterocycles. The molecule has 1 fully saturated rings. The summed E-state index contributed by atoms with van der Waals surface area (Å²) in [5.74, 6) is 2.28. The molecule has 0 spiro atoms. The SMILES string of the molecule is COc1ccccc1N1CCN(c2nc(C(C)C)ns2)CC1. The predicted molar refractivity (Wildman–Crippen MR) is 91.4 cm³/mol. The van der Waals surface area contributed by atoms with Gasteiger partial charge in [-0.25, -0.2) is 4.98 Å². The number of hydrogen-bond acceptors (Lipinski definition) is 6. The highest BCUT2D eigenvalue weighted by Gasteiger charge is 2.22. The summed E-state index contributed by atoms with van der Waals surface area (Å²) in [4.78, 5) is 9.36. The van der Waals surface area contributed by atoms with Crippen molar-refractivity contribution in [2.75, 3.05) is 43.1 Å². The van der Waals surface area contributed by atoms with Crippen LogP contribution < -0.4 is 14.5 Å². The van der Waals surface area contributed by atoms with Crippen LogP contribution in [0.25, 0.3) is 0 Å². The quantitative estimate of drug-likeness (QED) is 0.867. The molecule has 1 aromatic heterocycles. The molecule has 1 aliphatic rings. The molecule has 118 valence electrons. The lowest BCUT2D eigenvalue weighted by Gasteiger charge is -2.36. The number of anilines is 2. The van der Waals surface area contributed by atoms with Crippen molar-refractivity contribution < 1.29 is 4.74 Å². The molecule has 0 atom stereocenters. The van der Waals surface area contributed by atoms with Crippen LogP contribution in [0.5, 0.6) is 5.75 Å². The standard InChI is InChI=1S/C16H22N4OS/c1-12(2)15-17-16(22-18-15)20-10-8-19(9-11-20)13-6-4-5-7-14(13)21-3/h4-7,12H,8-11H2,1-3H3. The van der Waals surface area contributed by atoms with E-state index in [-0.39, 0.29) is 0 Å². The van der Waals surface area contributed by atoms with E-state index in [4.69, 9.17) is 4.74 Å². The minimum Gasteiger partial charge on any atom is -0.495 e. The first kappa shape index (κ1) is 15.1. The van der Waals surface area contributed by atoms with E-state index in [9.17, 15) is 0 Å². The Labute approximate surface area is 135 Å². The molecule has 0 unspecified atom stereocenters. The average Bonchev–Trinajstić information content (AvgIpc) is 3.05. The van der Waals surface area contributed by atoms with E-state index in [0.717, 1.165) is 42.9 Å². The highest BCUT2D eigenvalue weighted by atomic mass is 32.1. The molecule has 2 heterocycles. The zero-order valence-corrected chi connectivity index (χ0v) is 14.1. The summed E-state index contributed by atoms with van der Waals surface area (Å²) in [7, 11) is 1.73. The molecule has 0 N–H and O–H groups in total. The number of hydrogen-bond donors (Lipinski definition) is 0. The van der Waals surface area contributed by atoms with Gasteiger partial charge in [-0.1, -0.05) is 26.0 Å². The van der Waals surface area contributed by atoms with Gasteiger partial charge in [-0.15, -0.1) is 0 Å². The van der Waals surface area contributed by atoms with E-state index >= 15 is 0 Å². The maximum Gasteiger partial charge on any atom is 0.205 e. The van der Waals surface area contributed by atoms with Gasteiger partial charge in [0.15, 0.2) is 0 Å². The monoisotopic (exact) mass is 318 g/mol. The summed E-state index contributed by atoms with van der Waals surface area (Å²) in [6.07, 6.45) is 0. The molecule has 3 rings (SSSR count). The number of benzene rings is 1. The largest absolute Gasteiger partial charge is 0.495 e. The zero-order valence-electron chi connectivity index (χ0n) is 13.3. The Kier molecular flexibility index (Phi) is 4.47. The summed E-state index contributed by atoms with van der Waals surface area (Å²) < 4.78 is 9.91. The maximum absolute atomic E-state index is 5.46. The van der Waals surface area contributed by atoms with E-state index in [1.54, 1.807) is 7.11 Å². The van der Waals surface area contributed by atoms with Gasteiger partial charge < -0.3 is 14.5 Å². The Morgan fingerprint density at radius 2 is 1.77 bits per heavy atom. The zero-order chi connectivity index (χ0) is 15.5. The van der Waals surface area contributed by atoms with Gasteiger partial charge in [-0.2, -0.15) is 4.37 Å². The third-order valence-electron chi connectivity index (χ3n) is 3.92. The Morgan fingerprint density at radius 1 is 1.09 bits per heavy atom. The molecule has 22 heavy (non-hydrogen) atoms. The number of ether oxygens (including phenoxy) is 1. The van der Waals surface area contributed by atoms with E-state index in [0.29, 0.717) is 5.92 Å². The molecule has 1 aromatic carbocycles. The van der Waals surface area contributed by atoms with Crippen LogP contribution in [0, 0.1) is 0 Å². The van der Waals surface area contributed by atoms with Crippen molar-refractivity contribution in [3.63, 3.8) is 0 Å². The van der Waals surface area contributed by atoms with Crippen molar-refractivity contribution in [1.29, 1.82) is 0 Å². The lowest BCUT2D eigenvalue weighted by Crippen LogP contribution is -2.46. The minimum absolute atomic E-state index is 0.389. The van der Waals surface area contributed by atoms with E-state index < -0.39 is 0 Å². The molecule has 0 saturated carbocycles. The molecule has 0 bridgehead atoms. The van der Waals surface area contributed by atoms with Crippen molar-refractivity contribution in [3.05, 3.63) is 30.1 Å². The Hall–Kier alpha value is -1.82. The molecular formula is C16H22N4OS. The smallest absolute Gasteiger partial charge is 0.205 e. The number of aromatic nitrogens is 2. The van der Waals surface area contributed by atoms with E-state index in [1.807, 2.05) is 12.1 Å². The first-order valence-corrected chi connectivity index (χ1v) is 8.43. The Bertz CT molecular complexity index is 620. The predicted octanol–water partition coefficient (Wildman–Crippen LogP) is 3.00. The molecule has 0 aliphatic carbocycles. The first-order valence-electron chi connectivity index (χ1n) is 7.65. The number of nitrogens with zero attached hydrogens (tertiary/aromatic N) is 4. The van der Waals surface area contributed by atoms with Crippen molar-refractivity contribution in [3.8, 4) is 5.75 Å². The summed E-state index contributed by atoms with van der Waals surface area (Å²) in [6, 6.07) is 8.20. The summed E-state index contributed by atoms with van der Waals surface area (Å²) >= 11 is 1.51. The van der Waals surface area contributed by atoms with Crippen LogP contribution in [0.15, 0.2) is 24.3 Å². The van der Waals surface area contributed by atoms with Gasteiger partial charge in [0.1, 0.15) is 11.6 Å². The second-order valence-electron chi connectivity index (χ2n) is 5.74. The number of rotatable bonds is 4. The van der Waals surface area contributed by atoms with Gasteiger partial charge in [0.05, 0.1) is 12.8 Å². The Morgan fingerprint density at radius 3 is 2.41 bits per heavy atom. The third kappa shape index (κ3) is 3.02. The van der Waals surface area contributed by atoms with Gasteiger partial charge in [0, 0.05) is 43.6 Å². The van der Waals surface area contributed by atoms with Gasteiger partial charge in [-0.05, 0) is 12.1 Å². The van der Waals surface area contributed by atoms with Gasteiger partial charge >= 0.3 is 0 Å². The van der Waals surface area contributed by atoms with Crippen molar-refractivity contribution >= 4 is 22.4 Å². The molecular weight excluding hydrogens is 296 g/mol. The third-order valence-corrected chi connectivity index (χ3v) is 4.71. The highest BCUT2D eigenvalue weighted by Crippen LogP contribution is 2.29. The lowest BCUT2D eigenvalue weighted by molar-refractivity contribution is 0.413. The molecule has 0 radical (unpaired) electrons. The molecule has 2 aromatic rings. The van der Waals surface area contributed by atoms with Gasteiger partial charge in [0.25, 0.3) is 0 Å². The fraction of sp³-hybridized carbons (Fsp3) is 0.500.